The fourth-order valence-electron chi connectivity index (χ4n) is 2.30. The fourth-order valence-corrected chi connectivity index (χ4v) is 2.30. The van der Waals surface area contributed by atoms with Gasteiger partial charge in [-0.15, -0.1) is 0 Å². The number of nitrogens with one attached hydrogen (secondary N) is 1. The fraction of sp³-hybridized carbons (Fsp3) is 0.211. The summed E-state index contributed by atoms with van der Waals surface area (Å²) in [5, 5.41) is 3.01. The number of benzene rings is 2. The second-order valence-electron chi connectivity index (χ2n) is 5.33. The van der Waals surface area contributed by atoms with Gasteiger partial charge in [-0.05, 0) is 43.5 Å². The van der Waals surface area contributed by atoms with Crippen molar-refractivity contribution in [1.29, 1.82) is 0 Å². The van der Waals surface area contributed by atoms with Crippen LogP contribution < -0.4 is 5.32 Å². The van der Waals surface area contributed by atoms with Gasteiger partial charge >= 0.3 is 0 Å². The van der Waals surface area contributed by atoms with E-state index in [9.17, 15) is 4.79 Å². The maximum atomic E-state index is 12.0. The number of hydrogen-bond donors (Lipinski definition) is 1. The molecule has 0 unspecified atom stereocenters. The van der Waals surface area contributed by atoms with Crippen molar-refractivity contribution in [2.75, 3.05) is 0 Å². The number of amides is 1. The van der Waals surface area contributed by atoms with Gasteiger partial charge in [-0.2, -0.15) is 0 Å². The van der Waals surface area contributed by atoms with Crippen LogP contribution in [0.2, 0.25) is 0 Å². The summed E-state index contributed by atoms with van der Waals surface area (Å²) in [5.41, 5.74) is 4.58. The molecule has 0 aliphatic heterocycles. The summed E-state index contributed by atoms with van der Waals surface area (Å²) >= 11 is 0. The van der Waals surface area contributed by atoms with Crippen molar-refractivity contribution in [2.45, 2.75) is 26.8 Å². The summed E-state index contributed by atoms with van der Waals surface area (Å²) in [7, 11) is 0. The highest BCUT2D eigenvalue weighted by Crippen LogP contribution is 2.18. The molecular weight excluding hydrogens is 258 g/mol. The van der Waals surface area contributed by atoms with Gasteiger partial charge < -0.3 is 5.32 Å². The third-order valence-corrected chi connectivity index (χ3v) is 3.49. The topological polar surface area (TPSA) is 29.1 Å². The highest BCUT2D eigenvalue weighted by Gasteiger charge is 2.10. The molecule has 2 rings (SSSR count). The zero-order valence-electron chi connectivity index (χ0n) is 12.8. The van der Waals surface area contributed by atoms with Crippen LogP contribution >= 0.6 is 0 Å². The molecule has 108 valence electrons. The summed E-state index contributed by atoms with van der Waals surface area (Å²) in [6, 6.07) is 16.1. The highest BCUT2D eigenvalue weighted by molar-refractivity contribution is 5.91. The van der Waals surface area contributed by atoms with Crippen molar-refractivity contribution in [3.8, 4) is 0 Å². The Morgan fingerprint density at radius 3 is 2.52 bits per heavy atom. The lowest BCUT2D eigenvalue weighted by Gasteiger charge is -2.16. The molecule has 1 amide bonds. The van der Waals surface area contributed by atoms with Crippen molar-refractivity contribution < 1.29 is 4.79 Å². The predicted octanol–water partition coefficient (Wildman–Crippen LogP) is 4.19. The third-order valence-electron chi connectivity index (χ3n) is 3.49. The van der Waals surface area contributed by atoms with E-state index >= 15 is 0 Å². The minimum absolute atomic E-state index is 0.00202. The SMILES string of the molecule is Cc1ccc(C)c([C@H](C)NC(=O)/C=C/c2ccccc2)c1. The molecule has 1 N–H and O–H groups in total. The van der Waals surface area contributed by atoms with E-state index in [1.54, 1.807) is 6.08 Å². The van der Waals surface area contributed by atoms with Crippen LogP contribution in [0.25, 0.3) is 6.08 Å². The Hall–Kier alpha value is -2.35. The Balaban J connectivity index is 2.02. The van der Waals surface area contributed by atoms with Gasteiger partial charge in [0.05, 0.1) is 6.04 Å². The Labute approximate surface area is 126 Å². The molecule has 2 aromatic rings. The molecule has 0 spiro atoms. The van der Waals surface area contributed by atoms with E-state index in [1.807, 2.05) is 43.3 Å². The second-order valence-corrected chi connectivity index (χ2v) is 5.33. The Morgan fingerprint density at radius 2 is 1.81 bits per heavy atom. The van der Waals surface area contributed by atoms with Gasteiger partial charge in [-0.25, -0.2) is 0 Å². The molecule has 0 aliphatic rings. The van der Waals surface area contributed by atoms with E-state index in [1.165, 1.54) is 11.1 Å². The van der Waals surface area contributed by atoms with Gasteiger partial charge in [0, 0.05) is 6.08 Å². The van der Waals surface area contributed by atoms with Crippen molar-refractivity contribution in [2.24, 2.45) is 0 Å². The molecule has 2 aromatic carbocycles. The van der Waals surface area contributed by atoms with Gasteiger partial charge in [0.25, 0.3) is 0 Å². The molecule has 2 heteroatoms. The molecule has 0 radical (unpaired) electrons. The number of rotatable bonds is 4. The molecule has 1 atom stereocenters. The van der Waals surface area contributed by atoms with E-state index < -0.39 is 0 Å². The first kappa shape index (κ1) is 15.0. The smallest absolute Gasteiger partial charge is 0.244 e. The lowest BCUT2D eigenvalue weighted by Crippen LogP contribution is -2.25. The first-order chi connectivity index (χ1) is 10.1. The molecule has 0 aliphatic carbocycles. The largest absolute Gasteiger partial charge is 0.346 e. The number of hydrogen-bond acceptors (Lipinski definition) is 1. The number of aryl methyl sites for hydroxylation is 2. The summed E-state index contributed by atoms with van der Waals surface area (Å²) in [4.78, 5) is 12.0. The number of carbonyl (C=O) groups excluding carboxylic acids is 1. The van der Waals surface area contributed by atoms with Crippen LogP contribution in [0.5, 0.6) is 0 Å². The Morgan fingerprint density at radius 1 is 1.10 bits per heavy atom. The Kier molecular flexibility index (Phi) is 4.94. The molecule has 21 heavy (non-hydrogen) atoms. The van der Waals surface area contributed by atoms with E-state index in [0.717, 1.165) is 11.1 Å². The zero-order chi connectivity index (χ0) is 15.2. The molecule has 0 aromatic heterocycles. The van der Waals surface area contributed by atoms with E-state index in [2.05, 4.69) is 37.4 Å². The number of carbonyl (C=O) groups is 1. The lowest BCUT2D eigenvalue weighted by molar-refractivity contribution is -0.117. The molecule has 0 heterocycles. The minimum atomic E-state index is -0.0766. The van der Waals surface area contributed by atoms with Crippen LogP contribution in [-0.4, -0.2) is 5.91 Å². The summed E-state index contributed by atoms with van der Waals surface area (Å²) in [6.07, 6.45) is 3.40. The van der Waals surface area contributed by atoms with Crippen molar-refractivity contribution in [3.63, 3.8) is 0 Å². The van der Waals surface area contributed by atoms with Gasteiger partial charge in [-0.1, -0.05) is 54.1 Å². The lowest BCUT2D eigenvalue weighted by atomic mass is 10.00. The van der Waals surface area contributed by atoms with Gasteiger partial charge in [0.15, 0.2) is 0 Å². The molecular formula is C19H21NO. The predicted molar refractivity (Wildman–Crippen MR) is 87.9 cm³/mol. The van der Waals surface area contributed by atoms with Crippen molar-refractivity contribution in [3.05, 3.63) is 76.9 Å². The molecule has 2 nitrogen and oxygen atoms in total. The van der Waals surface area contributed by atoms with Crippen LogP contribution in [0.1, 0.15) is 35.2 Å². The van der Waals surface area contributed by atoms with Crippen LogP contribution in [0.4, 0.5) is 0 Å². The van der Waals surface area contributed by atoms with Gasteiger partial charge in [-0.3, -0.25) is 4.79 Å². The Bertz CT molecular complexity index is 644. The maximum absolute atomic E-state index is 12.0. The van der Waals surface area contributed by atoms with Crippen LogP contribution in [0, 0.1) is 13.8 Å². The minimum Gasteiger partial charge on any atom is -0.346 e. The molecule has 0 fully saturated rings. The standard InChI is InChI=1S/C19H21NO/c1-14-9-10-15(2)18(13-14)16(3)20-19(21)12-11-17-7-5-4-6-8-17/h4-13,16H,1-3H3,(H,20,21)/b12-11+/t16-/m0/s1. The second kappa shape index (κ2) is 6.89. The third kappa shape index (κ3) is 4.32. The maximum Gasteiger partial charge on any atom is 0.244 e. The summed E-state index contributed by atoms with van der Waals surface area (Å²) < 4.78 is 0. The monoisotopic (exact) mass is 279 g/mol. The molecule has 0 saturated heterocycles. The molecule has 0 bridgehead atoms. The van der Waals surface area contributed by atoms with Crippen molar-refractivity contribution >= 4 is 12.0 Å². The van der Waals surface area contributed by atoms with Crippen LogP contribution in [0.3, 0.4) is 0 Å². The first-order valence-corrected chi connectivity index (χ1v) is 7.17. The zero-order valence-corrected chi connectivity index (χ0v) is 12.8. The first-order valence-electron chi connectivity index (χ1n) is 7.17. The van der Waals surface area contributed by atoms with Crippen LogP contribution in [-0.2, 0) is 4.79 Å². The quantitative estimate of drug-likeness (QED) is 0.835. The van der Waals surface area contributed by atoms with Crippen LogP contribution in [0.15, 0.2) is 54.6 Å². The average molecular weight is 279 g/mol. The van der Waals surface area contributed by atoms with E-state index in [4.69, 9.17) is 0 Å². The van der Waals surface area contributed by atoms with E-state index in [0.29, 0.717) is 0 Å². The summed E-state index contributed by atoms with van der Waals surface area (Å²) in [5.74, 6) is -0.0766. The average Bonchev–Trinajstić information content (AvgIpc) is 2.48. The highest BCUT2D eigenvalue weighted by atomic mass is 16.1. The van der Waals surface area contributed by atoms with Crippen molar-refractivity contribution in [1.82, 2.24) is 5.32 Å². The normalized spacial score (nSPS) is 12.3. The van der Waals surface area contributed by atoms with Gasteiger partial charge in [0.2, 0.25) is 5.91 Å². The van der Waals surface area contributed by atoms with E-state index in [-0.39, 0.29) is 11.9 Å². The summed E-state index contributed by atoms with van der Waals surface area (Å²) in [6.45, 7) is 6.14. The van der Waals surface area contributed by atoms with Gasteiger partial charge in [0.1, 0.15) is 0 Å². The molecule has 0 saturated carbocycles.